The van der Waals surface area contributed by atoms with Crippen LogP contribution in [0.25, 0.3) is 0 Å². The minimum atomic E-state index is -0.00306. The first-order valence-corrected chi connectivity index (χ1v) is 4.77. The molecule has 5 heteroatoms. The number of carbonyl (C=O) groups is 1. The fourth-order valence-corrected chi connectivity index (χ4v) is 1.56. The molecule has 0 aromatic carbocycles. The van der Waals surface area contributed by atoms with Gasteiger partial charge < -0.3 is 5.32 Å². The van der Waals surface area contributed by atoms with Crippen LogP contribution in [0.2, 0.25) is 0 Å². The Morgan fingerprint density at radius 3 is 3.14 bits per heavy atom. The molecule has 76 valence electrons. The smallest absolute Gasteiger partial charge is 0.245 e. The lowest BCUT2D eigenvalue weighted by atomic mass is 9.95. The van der Waals surface area contributed by atoms with E-state index in [4.69, 9.17) is 0 Å². The second-order valence-electron chi connectivity index (χ2n) is 3.84. The number of hydrogen-bond donors (Lipinski definition) is 2. The largest absolute Gasteiger partial charge is 0.368 e. The van der Waals surface area contributed by atoms with Crippen LogP contribution in [-0.2, 0) is 4.79 Å². The monoisotopic (exact) mass is 194 g/mol. The maximum Gasteiger partial charge on any atom is 0.245 e. The van der Waals surface area contributed by atoms with E-state index in [0.717, 1.165) is 5.82 Å². The molecule has 0 saturated heterocycles. The molecule has 2 heterocycles. The maximum atomic E-state index is 11.7. The van der Waals surface area contributed by atoms with E-state index in [2.05, 4.69) is 15.8 Å². The zero-order valence-corrected chi connectivity index (χ0v) is 8.32. The highest BCUT2D eigenvalue weighted by molar-refractivity contribution is 5.87. The Balaban J connectivity index is 2.21. The van der Waals surface area contributed by atoms with Gasteiger partial charge in [0.25, 0.3) is 0 Å². The van der Waals surface area contributed by atoms with Crippen LogP contribution in [0.5, 0.6) is 0 Å². The van der Waals surface area contributed by atoms with E-state index in [1.807, 2.05) is 19.9 Å². The molecule has 0 saturated carbocycles. The summed E-state index contributed by atoms with van der Waals surface area (Å²) in [5.74, 6) is 1.18. The highest BCUT2D eigenvalue weighted by atomic mass is 16.2. The number of aromatic nitrogens is 2. The van der Waals surface area contributed by atoms with Crippen LogP contribution in [0, 0.1) is 11.8 Å². The van der Waals surface area contributed by atoms with Crippen molar-refractivity contribution in [2.24, 2.45) is 11.8 Å². The van der Waals surface area contributed by atoms with Crippen molar-refractivity contribution in [2.75, 3.05) is 17.3 Å². The number of nitrogens with zero attached hydrogens (tertiary/aromatic N) is 2. The van der Waals surface area contributed by atoms with Crippen molar-refractivity contribution in [2.45, 2.75) is 13.8 Å². The Labute approximate surface area is 82.5 Å². The number of carbonyl (C=O) groups excluding carboxylic acids is 1. The second-order valence-corrected chi connectivity index (χ2v) is 3.84. The van der Waals surface area contributed by atoms with Gasteiger partial charge in [0.15, 0.2) is 0 Å². The van der Waals surface area contributed by atoms with Gasteiger partial charge in [-0.2, -0.15) is 9.89 Å². The van der Waals surface area contributed by atoms with Crippen molar-refractivity contribution in [1.29, 1.82) is 0 Å². The van der Waals surface area contributed by atoms with Gasteiger partial charge in [-0.1, -0.05) is 13.8 Å². The van der Waals surface area contributed by atoms with Crippen LogP contribution < -0.4 is 10.7 Å². The highest BCUT2D eigenvalue weighted by Crippen LogP contribution is 2.16. The standard InChI is InChI=1S/C9H14N4O/c1-6(2)7-5-10-8-3-4-11-13(8)12-9(7)14/h3-4,6-7,10H,5H2,1-2H3,(H,12,14). The van der Waals surface area contributed by atoms with Crippen molar-refractivity contribution in [3.8, 4) is 0 Å². The van der Waals surface area contributed by atoms with Gasteiger partial charge in [-0.05, 0) is 5.92 Å². The molecule has 14 heavy (non-hydrogen) atoms. The van der Waals surface area contributed by atoms with E-state index >= 15 is 0 Å². The van der Waals surface area contributed by atoms with E-state index in [9.17, 15) is 4.79 Å². The Hall–Kier alpha value is -1.52. The minimum Gasteiger partial charge on any atom is -0.368 e. The molecule has 1 aromatic heterocycles. The highest BCUT2D eigenvalue weighted by Gasteiger charge is 2.25. The van der Waals surface area contributed by atoms with E-state index in [1.165, 1.54) is 4.79 Å². The topological polar surface area (TPSA) is 59.0 Å². The molecule has 1 unspecified atom stereocenters. The summed E-state index contributed by atoms with van der Waals surface area (Å²) in [5.41, 5.74) is 2.74. The Morgan fingerprint density at radius 1 is 1.64 bits per heavy atom. The van der Waals surface area contributed by atoms with E-state index < -0.39 is 0 Å². The molecule has 0 fully saturated rings. The summed E-state index contributed by atoms with van der Waals surface area (Å²) in [6, 6.07) is 1.84. The first-order valence-electron chi connectivity index (χ1n) is 4.77. The molecule has 2 N–H and O–H groups in total. The van der Waals surface area contributed by atoms with E-state index in [-0.39, 0.29) is 11.8 Å². The lowest BCUT2D eigenvalue weighted by Crippen LogP contribution is -2.32. The summed E-state index contributed by atoms with van der Waals surface area (Å²) in [7, 11) is 0. The van der Waals surface area contributed by atoms with Gasteiger partial charge >= 0.3 is 0 Å². The first-order chi connectivity index (χ1) is 6.68. The summed E-state index contributed by atoms with van der Waals surface area (Å²) in [6.07, 6.45) is 1.65. The fourth-order valence-electron chi connectivity index (χ4n) is 1.56. The number of rotatable bonds is 1. The molecule has 1 atom stereocenters. The fraction of sp³-hybridized carbons (Fsp3) is 0.556. The molecular formula is C9H14N4O. The lowest BCUT2D eigenvalue weighted by molar-refractivity contribution is -0.121. The normalized spacial score (nSPS) is 21.1. The summed E-state index contributed by atoms with van der Waals surface area (Å²) in [5, 5.41) is 7.17. The summed E-state index contributed by atoms with van der Waals surface area (Å²) < 4.78 is 0. The van der Waals surface area contributed by atoms with Crippen LogP contribution in [0.4, 0.5) is 5.82 Å². The van der Waals surface area contributed by atoms with Gasteiger partial charge in [0.2, 0.25) is 5.91 Å². The van der Waals surface area contributed by atoms with Gasteiger partial charge in [0.05, 0.1) is 12.1 Å². The summed E-state index contributed by atoms with van der Waals surface area (Å²) in [6.45, 7) is 4.75. The summed E-state index contributed by atoms with van der Waals surface area (Å²) >= 11 is 0. The SMILES string of the molecule is CC(C)C1CNc2ccnn2NC1=O. The Kier molecular flexibility index (Phi) is 2.15. The molecule has 1 aliphatic heterocycles. The molecule has 0 spiro atoms. The van der Waals surface area contributed by atoms with Crippen molar-refractivity contribution in [1.82, 2.24) is 9.89 Å². The third kappa shape index (κ3) is 1.45. The zero-order valence-electron chi connectivity index (χ0n) is 8.32. The second kappa shape index (κ2) is 3.32. The van der Waals surface area contributed by atoms with Crippen molar-refractivity contribution >= 4 is 11.7 Å². The van der Waals surface area contributed by atoms with E-state index in [0.29, 0.717) is 12.5 Å². The Bertz CT molecular complexity index is 344. The summed E-state index contributed by atoms with van der Waals surface area (Å²) in [4.78, 5) is 13.2. The van der Waals surface area contributed by atoms with Crippen LogP contribution in [-0.4, -0.2) is 22.3 Å². The van der Waals surface area contributed by atoms with Gasteiger partial charge in [0, 0.05) is 12.6 Å². The van der Waals surface area contributed by atoms with Gasteiger partial charge in [-0.3, -0.25) is 4.79 Å². The van der Waals surface area contributed by atoms with Gasteiger partial charge in [0.1, 0.15) is 5.82 Å². The maximum absolute atomic E-state index is 11.7. The predicted molar refractivity (Wildman–Crippen MR) is 53.4 cm³/mol. The molecule has 1 amide bonds. The predicted octanol–water partition coefficient (Wildman–Crippen LogP) is 0.651. The van der Waals surface area contributed by atoms with Gasteiger partial charge in [-0.15, -0.1) is 0 Å². The molecule has 0 bridgehead atoms. The third-order valence-electron chi connectivity index (χ3n) is 2.50. The van der Waals surface area contributed by atoms with Crippen molar-refractivity contribution < 1.29 is 4.79 Å². The number of amides is 1. The van der Waals surface area contributed by atoms with Crippen LogP contribution >= 0.6 is 0 Å². The quantitative estimate of drug-likeness (QED) is 0.690. The molecule has 0 radical (unpaired) electrons. The lowest BCUT2D eigenvalue weighted by Gasteiger charge is -2.16. The van der Waals surface area contributed by atoms with Crippen molar-refractivity contribution in [3.05, 3.63) is 12.3 Å². The third-order valence-corrected chi connectivity index (χ3v) is 2.50. The molecular weight excluding hydrogens is 180 g/mol. The zero-order chi connectivity index (χ0) is 10.1. The number of hydrogen-bond acceptors (Lipinski definition) is 3. The molecule has 5 nitrogen and oxygen atoms in total. The molecule has 1 aromatic rings. The first kappa shape index (κ1) is 9.05. The molecule has 0 aliphatic carbocycles. The number of anilines is 1. The van der Waals surface area contributed by atoms with E-state index in [1.54, 1.807) is 6.20 Å². The van der Waals surface area contributed by atoms with Crippen LogP contribution in [0.3, 0.4) is 0 Å². The van der Waals surface area contributed by atoms with Crippen LogP contribution in [0.15, 0.2) is 12.3 Å². The average Bonchev–Trinajstić information content (AvgIpc) is 2.47. The van der Waals surface area contributed by atoms with Crippen molar-refractivity contribution in [3.63, 3.8) is 0 Å². The minimum absolute atomic E-state index is 0.00306. The van der Waals surface area contributed by atoms with Crippen LogP contribution in [0.1, 0.15) is 13.8 Å². The Morgan fingerprint density at radius 2 is 2.43 bits per heavy atom. The van der Waals surface area contributed by atoms with Gasteiger partial charge in [-0.25, -0.2) is 5.43 Å². The average molecular weight is 194 g/mol. The molecule has 2 rings (SSSR count). The molecule has 1 aliphatic rings. The number of nitrogens with one attached hydrogen (secondary N) is 2. The number of fused-ring (bicyclic) bond motifs is 1.